The van der Waals surface area contributed by atoms with E-state index in [0.29, 0.717) is 11.5 Å². The van der Waals surface area contributed by atoms with E-state index in [9.17, 15) is 4.79 Å². The monoisotopic (exact) mass is 269 g/mol. The summed E-state index contributed by atoms with van der Waals surface area (Å²) in [5, 5.41) is 9.03. The highest BCUT2D eigenvalue weighted by molar-refractivity contribution is 5.71. The van der Waals surface area contributed by atoms with Gasteiger partial charge < -0.3 is 15.6 Å². The van der Waals surface area contributed by atoms with Crippen molar-refractivity contribution in [1.82, 2.24) is 9.55 Å². The first-order valence-electron chi connectivity index (χ1n) is 6.46. The Morgan fingerprint density at radius 3 is 2.68 bits per heavy atom. The van der Waals surface area contributed by atoms with Gasteiger partial charge >= 0.3 is 6.09 Å². The zero-order valence-electron chi connectivity index (χ0n) is 12.0. The summed E-state index contributed by atoms with van der Waals surface area (Å²) in [6, 6.07) is -0.221. The van der Waals surface area contributed by atoms with Crippen LogP contribution in [0.25, 0.3) is 0 Å². The molecule has 0 fully saturated rings. The van der Waals surface area contributed by atoms with Crippen molar-refractivity contribution in [3.05, 3.63) is 17.7 Å². The summed E-state index contributed by atoms with van der Waals surface area (Å²) in [5.41, 5.74) is 5.97. The van der Waals surface area contributed by atoms with Crippen LogP contribution in [-0.2, 0) is 11.2 Å². The molecule has 0 aliphatic carbocycles. The fourth-order valence-corrected chi connectivity index (χ4v) is 1.57. The maximum absolute atomic E-state index is 12.1. The van der Waals surface area contributed by atoms with E-state index < -0.39 is 11.7 Å². The van der Waals surface area contributed by atoms with Crippen molar-refractivity contribution in [2.24, 2.45) is 5.73 Å². The number of aromatic nitrogens is 2. The first-order chi connectivity index (χ1) is 8.78. The van der Waals surface area contributed by atoms with Crippen LogP contribution in [0.1, 0.15) is 51.7 Å². The number of ether oxygens (including phenoxy) is 1. The number of carbonyl (C=O) groups excluding carboxylic acids is 1. The summed E-state index contributed by atoms with van der Waals surface area (Å²) < 4.78 is 6.62. The Kier molecular flexibility index (Phi) is 5.08. The van der Waals surface area contributed by atoms with E-state index in [1.807, 2.05) is 6.92 Å². The van der Waals surface area contributed by atoms with Crippen LogP contribution in [0.5, 0.6) is 0 Å². The zero-order chi connectivity index (χ0) is 14.6. The molecule has 0 spiro atoms. The molecule has 0 radical (unpaired) electrons. The summed E-state index contributed by atoms with van der Waals surface area (Å²) in [5.74, 6) is 0.468. The number of rotatable bonds is 4. The summed E-state index contributed by atoms with van der Waals surface area (Å²) in [6.45, 7) is 7.26. The Morgan fingerprint density at radius 2 is 2.21 bits per heavy atom. The number of aliphatic hydroxyl groups is 1. The Labute approximate surface area is 113 Å². The SMILES string of the molecule is CCC(N)c1cn(C(=O)OC(C)(C)C)c(CCO)n1. The lowest BCUT2D eigenvalue weighted by molar-refractivity contribution is 0.0531. The first-order valence-corrected chi connectivity index (χ1v) is 6.46. The van der Waals surface area contributed by atoms with E-state index >= 15 is 0 Å². The second-order valence-electron chi connectivity index (χ2n) is 5.42. The molecule has 0 aromatic carbocycles. The van der Waals surface area contributed by atoms with Gasteiger partial charge in [-0.25, -0.2) is 14.3 Å². The molecule has 6 nitrogen and oxygen atoms in total. The fourth-order valence-electron chi connectivity index (χ4n) is 1.57. The minimum Gasteiger partial charge on any atom is -0.443 e. The number of nitrogens with two attached hydrogens (primary N) is 1. The van der Waals surface area contributed by atoms with E-state index in [0.717, 1.165) is 6.42 Å². The van der Waals surface area contributed by atoms with Gasteiger partial charge in [-0.15, -0.1) is 0 Å². The smallest absolute Gasteiger partial charge is 0.420 e. The molecule has 0 saturated carbocycles. The van der Waals surface area contributed by atoms with Gasteiger partial charge in [0.1, 0.15) is 11.4 Å². The molecule has 6 heteroatoms. The maximum atomic E-state index is 12.1. The molecule has 1 heterocycles. The molecule has 0 aliphatic heterocycles. The van der Waals surface area contributed by atoms with Crippen LogP contribution in [0.3, 0.4) is 0 Å². The molecule has 0 bridgehead atoms. The van der Waals surface area contributed by atoms with Crippen molar-refractivity contribution >= 4 is 6.09 Å². The van der Waals surface area contributed by atoms with Gasteiger partial charge in [0, 0.05) is 18.7 Å². The average Bonchev–Trinajstić information content (AvgIpc) is 2.70. The highest BCUT2D eigenvalue weighted by Crippen LogP contribution is 2.16. The van der Waals surface area contributed by atoms with Crippen molar-refractivity contribution < 1.29 is 14.6 Å². The highest BCUT2D eigenvalue weighted by Gasteiger charge is 2.22. The Morgan fingerprint density at radius 1 is 1.58 bits per heavy atom. The third-order valence-corrected chi connectivity index (χ3v) is 2.54. The fraction of sp³-hybridized carbons (Fsp3) is 0.692. The number of carbonyl (C=O) groups is 1. The largest absolute Gasteiger partial charge is 0.443 e. The minimum absolute atomic E-state index is 0.0827. The van der Waals surface area contributed by atoms with E-state index in [1.165, 1.54) is 4.57 Å². The predicted octanol–water partition coefficient (Wildman–Crippen LogP) is 1.61. The van der Waals surface area contributed by atoms with Crippen molar-refractivity contribution in [1.29, 1.82) is 0 Å². The standard InChI is InChI=1S/C13H23N3O3/c1-5-9(14)10-8-16(11(15-10)6-7-17)12(18)19-13(2,3)4/h8-9,17H,5-7,14H2,1-4H3. The van der Waals surface area contributed by atoms with Gasteiger partial charge in [0.05, 0.1) is 12.3 Å². The Hall–Kier alpha value is -1.40. The van der Waals surface area contributed by atoms with Crippen LogP contribution in [-0.4, -0.2) is 33.0 Å². The number of imidazole rings is 1. The van der Waals surface area contributed by atoms with Crippen molar-refractivity contribution in [3.8, 4) is 0 Å². The van der Waals surface area contributed by atoms with Crippen molar-refractivity contribution in [3.63, 3.8) is 0 Å². The predicted molar refractivity (Wildman–Crippen MR) is 71.9 cm³/mol. The molecule has 0 amide bonds. The number of aliphatic hydroxyl groups excluding tert-OH is 1. The van der Waals surface area contributed by atoms with Crippen LogP contribution in [0.2, 0.25) is 0 Å². The lowest BCUT2D eigenvalue weighted by Gasteiger charge is -2.19. The van der Waals surface area contributed by atoms with Gasteiger partial charge in [-0.3, -0.25) is 0 Å². The molecule has 1 aromatic rings. The summed E-state index contributed by atoms with van der Waals surface area (Å²) in [6.07, 6.45) is 2.10. The maximum Gasteiger partial charge on any atom is 0.420 e. The van der Waals surface area contributed by atoms with Gasteiger partial charge in [0.2, 0.25) is 0 Å². The van der Waals surface area contributed by atoms with Crippen LogP contribution >= 0.6 is 0 Å². The van der Waals surface area contributed by atoms with Gasteiger partial charge in [0.25, 0.3) is 0 Å². The number of nitrogens with zero attached hydrogens (tertiary/aromatic N) is 2. The minimum atomic E-state index is -0.578. The molecule has 1 atom stereocenters. The van der Waals surface area contributed by atoms with Gasteiger partial charge in [-0.1, -0.05) is 6.92 Å². The first kappa shape index (κ1) is 15.7. The Balaban J connectivity index is 3.03. The van der Waals surface area contributed by atoms with Crippen LogP contribution < -0.4 is 5.73 Å². The van der Waals surface area contributed by atoms with E-state index in [4.69, 9.17) is 15.6 Å². The normalized spacial score (nSPS) is 13.4. The summed E-state index contributed by atoms with van der Waals surface area (Å²) in [4.78, 5) is 16.4. The van der Waals surface area contributed by atoms with Crippen LogP contribution in [0.4, 0.5) is 4.79 Å². The Bertz CT molecular complexity index is 435. The van der Waals surface area contributed by atoms with Crippen molar-refractivity contribution in [2.75, 3.05) is 6.61 Å². The zero-order valence-corrected chi connectivity index (χ0v) is 12.0. The lowest BCUT2D eigenvalue weighted by atomic mass is 10.2. The van der Waals surface area contributed by atoms with Gasteiger partial charge in [0.15, 0.2) is 0 Å². The average molecular weight is 269 g/mol. The van der Waals surface area contributed by atoms with E-state index in [-0.39, 0.29) is 19.1 Å². The second kappa shape index (κ2) is 6.16. The van der Waals surface area contributed by atoms with Crippen molar-refractivity contribution in [2.45, 2.75) is 52.2 Å². The molecule has 0 saturated heterocycles. The molecule has 3 N–H and O–H groups in total. The molecule has 1 rings (SSSR count). The topological polar surface area (TPSA) is 90.4 Å². The molecule has 19 heavy (non-hydrogen) atoms. The third kappa shape index (κ3) is 4.33. The van der Waals surface area contributed by atoms with E-state index in [2.05, 4.69) is 4.98 Å². The summed E-state index contributed by atoms with van der Waals surface area (Å²) in [7, 11) is 0. The second-order valence-corrected chi connectivity index (χ2v) is 5.42. The molecule has 1 aromatic heterocycles. The number of hydrogen-bond acceptors (Lipinski definition) is 5. The van der Waals surface area contributed by atoms with Crippen LogP contribution in [0, 0.1) is 0 Å². The van der Waals surface area contributed by atoms with E-state index in [1.54, 1.807) is 27.0 Å². The summed E-state index contributed by atoms with van der Waals surface area (Å²) >= 11 is 0. The molecular weight excluding hydrogens is 246 g/mol. The molecular formula is C13H23N3O3. The number of hydrogen-bond donors (Lipinski definition) is 2. The quantitative estimate of drug-likeness (QED) is 0.866. The third-order valence-electron chi connectivity index (χ3n) is 2.54. The van der Waals surface area contributed by atoms with Crippen LogP contribution in [0.15, 0.2) is 6.20 Å². The lowest BCUT2D eigenvalue weighted by Crippen LogP contribution is -2.28. The van der Waals surface area contributed by atoms with Gasteiger partial charge in [-0.05, 0) is 27.2 Å². The molecule has 1 unspecified atom stereocenters. The highest BCUT2D eigenvalue weighted by atomic mass is 16.6. The molecule has 108 valence electrons. The van der Waals surface area contributed by atoms with Gasteiger partial charge in [-0.2, -0.15) is 0 Å². The molecule has 0 aliphatic rings.